The van der Waals surface area contributed by atoms with E-state index < -0.39 is 17.3 Å². The molecule has 1 aromatic carbocycles. The molecule has 0 aliphatic carbocycles. The van der Waals surface area contributed by atoms with E-state index in [2.05, 4.69) is 5.10 Å². The van der Waals surface area contributed by atoms with Gasteiger partial charge >= 0.3 is 0 Å². The molecule has 1 heterocycles. The first-order valence-electron chi connectivity index (χ1n) is 4.93. The molecule has 5 nitrogen and oxygen atoms in total. The molecule has 0 radical (unpaired) electrons. The lowest BCUT2D eigenvalue weighted by molar-refractivity contribution is 0.0941. The number of aromatic nitrogens is 2. The van der Waals surface area contributed by atoms with Gasteiger partial charge in [0.2, 0.25) is 0 Å². The third-order valence-corrected chi connectivity index (χ3v) is 2.29. The number of H-pyrrole nitrogens is 1. The fraction of sp³-hybridized carbons (Fsp3) is 0.0909. The third-order valence-electron chi connectivity index (χ3n) is 2.29. The maximum atomic E-state index is 12.7. The summed E-state index contributed by atoms with van der Waals surface area (Å²) in [6.45, 7) is 0.138. The van der Waals surface area contributed by atoms with Crippen LogP contribution in [0, 0.1) is 5.82 Å². The lowest BCUT2D eigenvalue weighted by Gasteiger charge is -2.00. The largest absolute Gasteiger partial charge is 0.325 e. The van der Waals surface area contributed by atoms with Gasteiger partial charge in [-0.3, -0.25) is 14.7 Å². The minimum absolute atomic E-state index is 0.138. The molecule has 3 N–H and O–H groups in total. The van der Waals surface area contributed by atoms with Crippen molar-refractivity contribution in [2.75, 3.05) is 0 Å². The Balaban J connectivity index is 2.40. The molecule has 0 atom stereocenters. The van der Waals surface area contributed by atoms with Gasteiger partial charge < -0.3 is 5.73 Å². The van der Waals surface area contributed by atoms with Crippen molar-refractivity contribution in [3.8, 4) is 0 Å². The Kier molecular flexibility index (Phi) is 2.88. The van der Waals surface area contributed by atoms with E-state index in [1.807, 2.05) is 0 Å². The van der Waals surface area contributed by atoms with E-state index in [0.29, 0.717) is 5.69 Å². The van der Waals surface area contributed by atoms with Gasteiger partial charge in [0.05, 0.1) is 5.69 Å². The molecule has 2 aromatic rings. The SMILES string of the molecule is NCc1cc(=O)n(C(=O)c2ccc(F)cc2)[nH]1. The fourth-order valence-electron chi connectivity index (χ4n) is 1.42. The monoisotopic (exact) mass is 235 g/mol. The van der Waals surface area contributed by atoms with E-state index in [1.165, 1.54) is 18.2 Å². The first-order valence-corrected chi connectivity index (χ1v) is 4.93. The van der Waals surface area contributed by atoms with Crippen LogP contribution in [0.2, 0.25) is 0 Å². The Labute approximate surface area is 95.7 Å². The molecule has 0 fully saturated rings. The number of rotatable bonds is 2. The van der Waals surface area contributed by atoms with Gasteiger partial charge in [0, 0.05) is 18.2 Å². The molecule has 0 aliphatic heterocycles. The van der Waals surface area contributed by atoms with Gasteiger partial charge in [-0.2, -0.15) is 4.68 Å². The van der Waals surface area contributed by atoms with Crippen molar-refractivity contribution in [1.29, 1.82) is 0 Å². The van der Waals surface area contributed by atoms with Crippen LogP contribution in [0.25, 0.3) is 0 Å². The zero-order chi connectivity index (χ0) is 12.4. The number of carbonyl (C=O) groups is 1. The second kappa shape index (κ2) is 4.34. The molecule has 2 rings (SSSR count). The first kappa shape index (κ1) is 11.3. The highest BCUT2D eigenvalue weighted by molar-refractivity contribution is 5.95. The second-order valence-electron chi connectivity index (χ2n) is 3.47. The summed E-state index contributed by atoms with van der Waals surface area (Å²) in [6.07, 6.45) is 0. The maximum absolute atomic E-state index is 12.7. The Morgan fingerprint density at radius 2 is 2.00 bits per heavy atom. The van der Waals surface area contributed by atoms with Gasteiger partial charge in [-0.25, -0.2) is 4.39 Å². The van der Waals surface area contributed by atoms with Gasteiger partial charge in [-0.1, -0.05) is 0 Å². The number of carbonyl (C=O) groups excluding carboxylic acids is 1. The van der Waals surface area contributed by atoms with Crippen molar-refractivity contribution in [2.45, 2.75) is 6.54 Å². The number of nitrogens with zero attached hydrogens (tertiary/aromatic N) is 1. The van der Waals surface area contributed by atoms with Crippen LogP contribution in [0.5, 0.6) is 0 Å². The molecule has 6 heteroatoms. The quantitative estimate of drug-likeness (QED) is 0.793. The summed E-state index contributed by atoms with van der Waals surface area (Å²) in [6, 6.07) is 6.19. The molecule has 0 saturated heterocycles. The summed E-state index contributed by atoms with van der Waals surface area (Å²) < 4.78 is 13.5. The van der Waals surface area contributed by atoms with Crippen molar-refractivity contribution >= 4 is 5.91 Å². The average molecular weight is 235 g/mol. The highest BCUT2D eigenvalue weighted by Crippen LogP contribution is 2.04. The number of aromatic amines is 1. The van der Waals surface area contributed by atoms with Crippen LogP contribution in [-0.4, -0.2) is 15.7 Å². The molecule has 0 aliphatic rings. The average Bonchev–Trinajstić information content (AvgIpc) is 2.71. The Morgan fingerprint density at radius 3 is 2.53 bits per heavy atom. The normalized spacial score (nSPS) is 10.5. The molecular weight excluding hydrogens is 225 g/mol. The lowest BCUT2D eigenvalue weighted by Crippen LogP contribution is -2.24. The van der Waals surface area contributed by atoms with Gasteiger partial charge in [0.25, 0.3) is 11.5 Å². The standard InChI is InChI=1S/C11H10FN3O2/c12-8-3-1-7(2-4-8)11(17)15-10(16)5-9(6-13)14-15/h1-5,14H,6,13H2. The summed E-state index contributed by atoms with van der Waals surface area (Å²) in [5.41, 5.74) is 5.54. The highest BCUT2D eigenvalue weighted by atomic mass is 19.1. The van der Waals surface area contributed by atoms with E-state index in [-0.39, 0.29) is 12.1 Å². The van der Waals surface area contributed by atoms with Gasteiger partial charge in [0.15, 0.2) is 0 Å². The van der Waals surface area contributed by atoms with Crippen LogP contribution >= 0.6 is 0 Å². The smallest absolute Gasteiger partial charge is 0.279 e. The van der Waals surface area contributed by atoms with E-state index >= 15 is 0 Å². The summed E-state index contributed by atoms with van der Waals surface area (Å²) >= 11 is 0. The Hall–Kier alpha value is -2.21. The van der Waals surface area contributed by atoms with E-state index in [9.17, 15) is 14.0 Å². The van der Waals surface area contributed by atoms with Crippen molar-refractivity contribution in [1.82, 2.24) is 9.78 Å². The number of benzene rings is 1. The minimum Gasteiger partial charge on any atom is -0.325 e. The van der Waals surface area contributed by atoms with E-state index in [1.54, 1.807) is 0 Å². The van der Waals surface area contributed by atoms with Crippen LogP contribution in [-0.2, 0) is 6.54 Å². The number of hydrogen-bond acceptors (Lipinski definition) is 3. The number of nitrogens with one attached hydrogen (secondary N) is 1. The fourth-order valence-corrected chi connectivity index (χ4v) is 1.42. The molecule has 0 amide bonds. The molecule has 88 valence electrons. The van der Waals surface area contributed by atoms with Gasteiger partial charge in [0.1, 0.15) is 5.82 Å². The number of hydrogen-bond donors (Lipinski definition) is 2. The summed E-state index contributed by atoms with van der Waals surface area (Å²) in [7, 11) is 0. The zero-order valence-corrected chi connectivity index (χ0v) is 8.81. The molecule has 0 spiro atoms. The minimum atomic E-state index is -0.547. The van der Waals surface area contributed by atoms with E-state index in [0.717, 1.165) is 16.8 Å². The number of nitrogens with two attached hydrogens (primary N) is 1. The van der Waals surface area contributed by atoms with Crippen LogP contribution in [0.15, 0.2) is 35.1 Å². The first-order chi connectivity index (χ1) is 8.11. The molecule has 17 heavy (non-hydrogen) atoms. The number of halogens is 1. The predicted octanol–water partition coefficient (Wildman–Crippen LogP) is 0.463. The molecule has 1 aromatic heterocycles. The Bertz CT molecular complexity index is 598. The molecule has 0 saturated carbocycles. The van der Waals surface area contributed by atoms with Crippen LogP contribution in [0.1, 0.15) is 16.1 Å². The van der Waals surface area contributed by atoms with Crippen molar-refractivity contribution in [3.63, 3.8) is 0 Å². The topological polar surface area (TPSA) is 80.9 Å². The van der Waals surface area contributed by atoms with Gasteiger partial charge in [-0.15, -0.1) is 0 Å². The van der Waals surface area contributed by atoms with Crippen LogP contribution in [0.4, 0.5) is 4.39 Å². The second-order valence-corrected chi connectivity index (χ2v) is 3.47. The maximum Gasteiger partial charge on any atom is 0.279 e. The predicted molar refractivity (Wildman–Crippen MR) is 59.1 cm³/mol. The van der Waals surface area contributed by atoms with Crippen molar-refractivity contribution in [2.24, 2.45) is 5.73 Å². The molecule has 0 unspecified atom stereocenters. The Morgan fingerprint density at radius 1 is 1.35 bits per heavy atom. The summed E-state index contributed by atoms with van der Waals surface area (Å²) in [4.78, 5) is 23.3. The molecule has 0 bridgehead atoms. The van der Waals surface area contributed by atoms with Crippen LogP contribution in [0.3, 0.4) is 0 Å². The highest BCUT2D eigenvalue weighted by Gasteiger charge is 2.12. The van der Waals surface area contributed by atoms with E-state index in [4.69, 9.17) is 5.73 Å². The third kappa shape index (κ3) is 2.16. The lowest BCUT2D eigenvalue weighted by atomic mass is 10.2. The van der Waals surface area contributed by atoms with Crippen molar-refractivity contribution in [3.05, 3.63) is 57.8 Å². The van der Waals surface area contributed by atoms with Crippen molar-refractivity contribution < 1.29 is 9.18 Å². The summed E-state index contributed by atoms with van der Waals surface area (Å²) in [5.74, 6) is -0.988. The molecular formula is C11H10FN3O2. The summed E-state index contributed by atoms with van der Waals surface area (Å²) in [5, 5.41) is 2.58. The van der Waals surface area contributed by atoms with Gasteiger partial charge in [-0.05, 0) is 24.3 Å². The van der Waals surface area contributed by atoms with Crippen LogP contribution < -0.4 is 11.3 Å². The zero-order valence-electron chi connectivity index (χ0n) is 8.81.